The summed E-state index contributed by atoms with van der Waals surface area (Å²) >= 11 is 0. The summed E-state index contributed by atoms with van der Waals surface area (Å²) in [7, 11) is 0. The molecule has 0 bridgehead atoms. The predicted octanol–water partition coefficient (Wildman–Crippen LogP) is 0.657. The Hall–Kier alpha value is -2.24. The number of carboxylic acids is 1. The fraction of sp³-hybridized carbons (Fsp3) is 0.333. The van der Waals surface area contributed by atoms with Crippen molar-refractivity contribution in [2.24, 2.45) is 0 Å². The molecule has 0 spiro atoms. The molecule has 2 rings (SSSR count). The number of nitrogen functional groups attached to an aromatic ring is 1. The van der Waals surface area contributed by atoms with Gasteiger partial charge in [-0.15, -0.1) is 0 Å². The number of anilines is 2. The largest absolute Gasteiger partial charge is 0.478 e. The van der Waals surface area contributed by atoms with E-state index in [0.717, 1.165) is 0 Å². The maximum atomic E-state index is 11.1. The van der Waals surface area contributed by atoms with Crippen molar-refractivity contribution in [2.75, 3.05) is 17.6 Å². The van der Waals surface area contributed by atoms with Gasteiger partial charge in [0.25, 0.3) is 0 Å². The Morgan fingerprint density at radius 2 is 2.28 bits per heavy atom. The first-order valence-corrected chi connectivity index (χ1v) is 5.73. The van der Waals surface area contributed by atoms with E-state index in [1.54, 1.807) is 12.1 Å². The number of hydrogen-bond donors (Lipinski definition) is 4. The number of nitrogens with one attached hydrogen (secondary N) is 2. The minimum Gasteiger partial charge on any atom is -0.478 e. The quantitative estimate of drug-likeness (QED) is 0.589. The molecule has 0 aromatic heterocycles. The fourth-order valence-electron chi connectivity index (χ4n) is 1.97. The molecule has 18 heavy (non-hydrogen) atoms. The third kappa shape index (κ3) is 2.53. The topological polar surface area (TPSA) is 104 Å². The molecule has 96 valence electrons. The van der Waals surface area contributed by atoms with Gasteiger partial charge in [-0.1, -0.05) is 6.07 Å². The van der Waals surface area contributed by atoms with Gasteiger partial charge in [-0.2, -0.15) is 0 Å². The number of carbonyl (C=O) groups is 2. The van der Waals surface area contributed by atoms with Crippen LogP contribution < -0.4 is 16.4 Å². The van der Waals surface area contributed by atoms with Gasteiger partial charge in [-0.25, -0.2) is 4.79 Å². The van der Waals surface area contributed by atoms with E-state index in [1.165, 1.54) is 6.07 Å². The molecule has 6 heteroatoms. The number of benzene rings is 1. The van der Waals surface area contributed by atoms with Gasteiger partial charge in [0, 0.05) is 19.0 Å². The SMILES string of the molecule is Nc1cccc(C(=O)O)c1NC1CCC(=O)NC1. The molecule has 1 heterocycles. The van der Waals surface area contributed by atoms with Gasteiger partial charge in [0.1, 0.15) is 0 Å². The number of piperidine rings is 1. The summed E-state index contributed by atoms with van der Waals surface area (Å²) in [6.07, 6.45) is 1.10. The zero-order valence-corrected chi connectivity index (χ0v) is 9.77. The molecule has 1 amide bonds. The van der Waals surface area contributed by atoms with Crippen molar-refractivity contribution in [1.29, 1.82) is 0 Å². The molecule has 1 aromatic rings. The van der Waals surface area contributed by atoms with Crippen LogP contribution >= 0.6 is 0 Å². The zero-order valence-electron chi connectivity index (χ0n) is 9.77. The molecule has 1 fully saturated rings. The van der Waals surface area contributed by atoms with Gasteiger partial charge in [0.15, 0.2) is 0 Å². The minimum absolute atomic E-state index is 0.00509. The Morgan fingerprint density at radius 1 is 1.50 bits per heavy atom. The lowest BCUT2D eigenvalue weighted by Gasteiger charge is -2.25. The summed E-state index contributed by atoms with van der Waals surface area (Å²) in [6.45, 7) is 0.478. The second kappa shape index (κ2) is 4.95. The summed E-state index contributed by atoms with van der Waals surface area (Å²) in [5.41, 5.74) is 6.75. The van der Waals surface area contributed by atoms with Crippen LogP contribution in [0.15, 0.2) is 18.2 Å². The molecule has 1 aliphatic rings. The monoisotopic (exact) mass is 249 g/mol. The molecule has 1 atom stereocenters. The maximum absolute atomic E-state index is 11.1. The number of nitrogens with two attached hydrogens (primary N) is 1. The lowest BCUT2D eigenvalue weighted by molar-refractivity contribution is -0.122. The second-order valence-corrected chi connectivity index (χ2v) is 4.26. The van der Waals surface area contributed by atoms with Crippen molar-refractivity contribution in [1.82, 2.24) is 5.32 Å². The maximum Gasteiger partial charge on any atom is 0.337 e. The number of para-hydroxylation sites is 1. The highest BCUT2D eigenvalue weighted by Crippen LogP contribution is 2.25. The normalized spacial score (nSPS) is 19.1. The molecular weight excluding hydrogens is 234 g/mol. The molecule has 1 aromatic carbocycles. The Balaban J connectivity index is 2.18. The van der Waals surface area contributed by atoms with E-state index >= 15 is 0 Å². The van der Waals surface area contributed by atoms with Crippen LogP contribution in [-0.4, -0.2) is 29.6 Å². The van der Waals surface area contributed by atoms with Crippen molar-refractivity contribution in [3.05, 3.63) is 23.8 Å². The highest BCUT2D eigenvalue weighted by Gasteiger charge is 2.21. The second-order valence-electron chi connectivity index (χ2n) is 4.26. The molecular formula is C12H15N3O3. The van der Waals surface area contributed by atoms with Crippen molar-refractivity contribution >= 4 is 23.3 Å². The van der Waals surface area contributed by atoms with Crippen LogP contribution in [0.2, 0.25) is 0 Å². The summed E-state index contributed by atoms with van der Waals surface area (Å²) in [5.74, 6) is -1.00. The van der Waals surface area contributed by atoms with Crippen molar-refractivity contribution < 1.29 is 14.7 Å². The van der Waals surface area contributed by atoms with Crippen molar-refractivity contribution in [2.45, 2.75) is 18.9 Å². The molecule has 0 saturated carbocycles. The number of rotatable bonds is 3. The molecule has 1 aliphatic heterocycles. The van der Waals surface area contributed by atoms with Crippen LogP contribution in [0.1, 0.15) is 23.2 Å². The minimum atomic E-state index is -1.02. The van der Waals surface area contributed by atoms with Gasteiger partial charge in [-0.3, -0.25) is 4.79 Å². The molecule has 5 N–H and O–H groups in total. The first-order valence-electron chi connectivity index (χ1n) is 5.73. The van der Waals surface area contributed by atoms with E-state index in [9.17, 15) is 9.59 Å². The van der Waals surface area contributed by atoms with E-state index in [-0.39, 0.29) is 17.5 Å². The number of carbonyl (C=O) groups excluding carboxylic acids is 1. The van der Waals surface area contributed by atoms with Crippen LogP contribution in [0, 0.1) is 0 Å². The first-order chi connectivity index (χ1) is 8.58. The Labute approximate surface area is 104 Å². The Morgan fingerprint density at radius 3 is 2.89 bits per heavy atom. The first kappa shape index (κ1) is 12.2. The lowest BCUT2D eigenvalue weighted by Crippen LogP contribution is -2.42. The van der Waals surface area contributed by atoms with Crippen LogP contribution in [0.3, 0.4) is 0 Å². The molecule has 6 nitrogen and oxygen atoms in total. The third-order valence-electron chi connectivity index (χ3n) is 2.94. The molecule has 0 aliphatic carbocycles. The number of amides is 1. The summed E-state index contributed by atoms with van der Waals surface area (Å²) in [6, 6.07) is 4.76. The van der Waals surface area contributed by atoms with Crippen LogP contribution in [-0.2, 0) is 4.79 Å². The van der Waals surface area contributed by atoms with Gasteiger partial charge in [0.05, 0.1) is 16.9 Å². The average Bonchev–Trinajstić information content (AvgIpc) is 2.34. The van der Waals surface area contributed by atoms with E-state index in [4.69, 9.17) is 10.8 Å². The summed E-state index contributed by atoms with van der Waals surface area (Å²) < 4.78 is 0. The van der Waals surface area contributed by atoms with Gasteiger partial charge in [0.2, 0.25) is 5.91 Å². The standard InChI is InChI=1S/C12H15N3O3/c13-9-3-1-2-8(12(17)18)11(9)15-7-4-5-10(16)14-6-7/h1-3,7,15H,4-6,13H2,(H,14,16)(H,17,18). The molecule has 1 unspecified atom stereocenters. The van der Waals surface area contributed by atoms with Gasteiger partial charge < -0.3 is 21.5 Å². The van der Waals surface area contributed by atoms with Crippen molar-refractivity contribution in [3.8, 4) is 0 Å². The van der Waals surface area contributed by atoms with Crippen LogP contribution in [0.5, 0.6) is 0 Å². The molecule has 0 radical (unpaired) electrons. The van der Waals surface area contributed by atoms with Crippen molar-refractivity contribution in [3.63, 3.8) is 0 Å². The summed E-state index contributed by atoms with van der Waals surface area (Å²) in [5, 5.41) is 14.9. The zero-order chi connectivity index (χ0) is 13.1. The van der Waals surface area contributed by atoms with Gasteiger partial charge in [-0.05, 0) is 18.6 Å². The van der Waals surface area contributed by atoms with Crippen LogP contribution in [0.4, 0.5) is 11.4 Å². The van der Waals surface area contributed by atoms with Crippen LogP contribution in [0.25, 0.3) is 0 Å². The number of carboxylic acid groups (broad SMARTS) is 1. The summed E-state index contributed by atoms with van der Waals surface area (Å²) in [4.78, 5) is 22.1. The number of hydrogen-bond acceptors (Lipinski definition) is 4. The highest BCUT2D eigenvalue weighted by molar-refractivity contribution is 5.97. The smallest absolute Gasteiger partial charge is 0.337 e. The van der Waals surface area contributed by atoms with E-state index in [0.29, 0.717) is 30.8 Å². The van der Waals surface area contributed by atoms with Gasteiger partial charge >= 0.3 is 5.97 Å². The third-order valence-corrected chi connectivity index (χ3v) is 2.94. The van der Waals surface area contributed by atoms with E-state index in [2.05, 4.69) is 10.6 Å². The fourth-order valence-corrected chi connectivity index (χ4v) is 1.97. The van der Waals surface area contributed by atoms with E-state index < -0.39 is 5.97 Å². The Kier molecular flexibility index (Phi) is 3.36. The predicted molar refractivity (Wildman–Crippen MR) is 67.5 cm³/mol. The molecule has 1 saturated heterocycles. The highest BCUT2D eigenvalue weighted by atomic mass is 16.4. The lowest BCUT2D eigenvalue weighted by atomic mass is 10.0. The Bertz CT molecular complexity index is 477. The number of aromatic carboxylic acids is 1. The van der Waals surface area contributed by atoms with E-state index in [1.807, 2.05) is 0 Å². The average molecular weight is 249 g/mol.